The number of hydrogen-bond donors (Lipinski definition) is 5. The molecule has 0 aliphatic carbocycles. The van der Waals surface area contributed by atoms with E-state index in [1.54, 1.807) is 12.1 Å². The zero-order valence-electron chi connectivity index (χ0n) is 22.2. The number of anilines is 3. The highest BCUT2D eigenvalue weighted by Crippen LogP contribution is 2.34. The van der Waals surface area contributed by atoms with E-state index in [0.29, 0.717) is 46.7 Å². The van der Waals surface area contributed by atoms with Gasteiger partial charge in [0.1, 0.15) is 11.6 Å². The molecule has 206 valence electrons. The van der Waals surface area contributed by atoms with Crippen molar-refractivity contribution in [3.05, 3.63) is 76.1 Å². The number of nitrogen functional groups attached to an aromatic ring is 1. The Kier molecular flexibility index (Phi) is 9.97. The number of aryl methyl sites for hydroxylation is 1. The normalized spacial score (nSPS) is 12.8. The number of benzene rings is 2. The van der Waals surface area contributed by atoms with Crippen molar-refractivity contribution in [2.24, 2.45) is 0 Å². The minimum absolute atomic E-state index is 0.116. The van der Waals surface area contributed by atoms with Gasteiger partial charge in [0.2, 0.25) is 6.41 Å². The summed E-state index contributed by atoms with van der Waals surface area (Å²) in [4.78, 5) is 38.1. The van der Waals surface area contributed by atoms with Gasteiger partial charge in [-0.1, -0.05) is 26.2 Å². The fourth-order valence-electron chi connectivity index (χ4n) is 4.28. The zero-order valence-corrected chi connectivity index (χ0v) is 22.2. The molecule has 1 aromatic heterocycles. The van der Waals surface area contributed by atoms with E-state index in [1.807, 2.05) is 13.8 Å². The average molecular weight is 538 g/mol. The number of aromatic amines is 1. The molecule has 1 aliphatic heterocycles. The van der Waals surface area contributed by atoms with Crippen LogP contribution in [0.4, 0.5) is 25.8 Å². The lowest BCUT2D eigenvalue weighted by Crippen LogP contribution is -2.25. The summed E-state index contributed by atoms with van der Waals surface area (Å²) in [6, 6.07) is 7.98. The van der Waals surface area contributed by atoms with E-state index in [9.17, 15) is 23.2 Å². The summed E-state index contributed by atoms with van der Waals surface area (Å²) in [7, 11) is 0. The Labute approximate surface area is 226 Å². The Hall–Kier alpha value is -4.47. The number of amides is 3. The SMILES string of the molecule is CCCCCCNC(=O)c1c(C)[nH]c(/C=C2\C(=O)Nc3ccc(F)cc32)c1C.Nc1cc(F)ccc1NC=O. The smallest absolute Gasteiger partial charge is 0.256 e. The van der Waals surface area contributed by atoms with Gasteiger partial charge >= 0.3 is 0 Å². The predicted molar refractivity (Wildman–Crippen MR) is 150 cm³/mol. The summed E-state index contributed by atoms with van der Waals surface area (Å²) in [6.07, 6.45) is 6.55. The molecule has 0 saturated carbocycles. The van der Waals surface area contributed by atoms with E-state index in [1.165, 1.54) is 30.7 Å². The number of carbonyl (C=O) groups excluding carboxylic acids is 3. The van der Waals surface area contributed by atoms with E-state index >= 15 is 0 Å². The molecular weight excluding hydrogens is 504 g/mol. The summed E-state index contributed by atoms with van der Waals surface area (Å²) in [5.41, 5.74) is 10.3. The number of aromatic nitrogens is 1. The third kappa shape index (κ3) is 7.31. The zero-order chi connectivity index (χ0) is 28.5. The molecule has 1 aliphatic rings. The molecule has 0 atom stereocenters. The van der Waals surface area contributed by atoms with Crippen LogP contribution in [0, 0.1) is 25.5 Å². The molecule has 0 bridgehead atoms. The first-order valence-corrected chi connectivity index (χ1v) is 12.7. The molecular formula is C29H33F2N5O3. The number of H-pyrrole nitrogens is 1. The van der Waals surface area contributed by atoms with Crippen molar-refractivity contribution in [2.45, 2.75) is 46.5 Å². The van der Waals surface area contributed by atoms with Gasteiger partial charge < -0.3 is 26.7 Å². The second kappa shape index (κ2) is 13.4. The molecule has 2 heterocycles. The maximum absolute atomic E-state index is 13.6. The van der Waals surface area contributed by atoms with Crippen molar-refractivity contribution in [1.29, 1.82) is 0 Å². The van der Waals surface area contributed by atoms with E-state index in [-0.39, 0.29) is 17.5 Å². The Morgan fingerprint density at radius 3 is 2.46 bits per heavy atom. The molecule has 8 nitrogen and oxygen atoms in total. The third-order valence-corrected chi connectivity index (χ3v) is 6.30. The number of nitrogens with two attached hydrogens (primary N) is 1. The molecule has 0 saturated heterocycles. The minimum atomic E-state index is -0.418. The number of halogens is 2. The summed E-state index contributed by atoms with van der Waals surface area (Å²) < 4.78 is 26.0. The van der Waals surface area contributed by atoms with Crippen LogP contribution in [-0.2, 0) is 9.59 Å². The Morgan fingerprint density at radius 2 is 1.77 bits per heavy atom. The Balaban J connectivity index is 0.000000320. The predicted octanol–water partition coefficient (Wildman–Crippen LogP) is 5.55. The van der Waals surface area contributed by atoms with Crippen molar-refractivity contribution in [3.63, 3.8) is 0 Å². The highest BCUT2D eigenvalue weighted by Gasteiger charge is 2.26. The molecule has 2 aromatic carbocycles. The number of hydrogen-bond acceptors (Lipinski definition) is 4. The molecule has 6 N–H and O–H groups in total. The summed E-state index contributed by atoms with van der Waals surface area (Å²) in [6.45, 7) is 6.48. The number of nitrogens with one attached hydrogen (secondary N) is 4. The molecule has 3 amide bonds. The van der Waals surface area contributed by atoms with Crippen LogP contribution < -0.4 is 21.7 Å². The van der Waals surface area contributed by atoms with Crippen LogP contribution in [0.25, 0.3) is 11.6 Å². The van der Waals surface area contributed by atoms with Crippen molar-refractivity contribution in [1.82, 2.24) is 10.3 Å². The number of carbonyl (C=O) groups is 3. The van der Waals surface area contributed by atoms with Crippen molar-refractivity contribution in [2.75, 3.05) is 22.9 Å². The molecule has 0 unspecified atom stereocenters. The first-order chi connectivity index (χ1) is 18.7. The van der Waals surface area contributed by atoms with E-state index in [0.717, 1.165) is 36.6 Å². The average Bonchev–Trinajstić information content (AvgIpc) is 3.35. The van der Waals surface area contributed by atoms with Crippen molar-refractivity contribution < 1.29 is 23.2 Å². The highest BCUT2D eigenvalue weighted by atomic mass is 19.1. The molecule has 0 radical (unpaired) electrons. The summed E-state index contributed by atoms with van der Waals surface area (Å²) in [5, 5.41) is 8.04. The summed E-state index contributed by atoms with van der Waals surface area (Å²) in [5.74, 6) is -1.22. The number of fused-ring (bicyclic) bond motifs is 1. The lowest BCUT2D eigenvalue weighted by Gasteiger charge is -2.06. The van der Waals surface area contributed by atoms with Crippen LogP contribution in [-0.4, -0.2) is 29.8 Å². The lowest BCUT2D eigenvalue weighted by molar-refractivity contribution is -0.110. The van der Waals surface area contributed by atoms with Gasteiger partial charge in [-0.25, -0.2) is 8.78 Å². The van der Waals surface area contributed by atoms with Crippen LogP contribution in [0.5, 0.6) is 0 Å². The van der Waals surface area contributed by atoms with Gasteiger partial charge in [-0.2, -0.15) is 0 Å². The first-order valence-electron chi connectivity index (χ1n) is 12.7. The first kappa shape index (κ1) is 29.1. The van der Waals surface area contributed by atoms with Gasteiger partial charge in [-0.3, -0.25) is 14.4 Å². The molecule has 4 rings (SSSR count). The maximum atomic E-state index is 13.6. The lowest BCUT2D eigenvalue weighted by atomic mass is 10.0. The number of rotatable bonds is 9. The fraction of sp³-hybridized carbons (Fsp3) is 0.276. The van der Waals surface area contributed by atoms with Gasteiger partial charge in [-0.05, 0) is 68.3 Å². The van der Waals surface area contributed by atoms with Crippen LogP contribution >= 0.6 is 0 Å². The standard InChI is InChI=1S/C22H26FN3O2.C7H7FN2O/c1-4-5-6-7-10-24-22(28)20-13(2)19(25-14(20)3)12-17-16-11-15(23)8-9-18(16)26-21(17)27;8-5-1-2-7(10-4-11)6(9)3-5/h8-9,11-12,25H,4-7,10H2,1-3H3,(H,24,28)(H,26,27);1-4H,9H2,(H,10,11)/b17-12-;. The molecule has 3 aromatic rings. The summed E-state index contributed by atoms with van der Waals surface area (Å²) >= 11 is 0. The topological polar surface area (TPSA) is 129 Å². The second-order valence-corrected chi connectivity index (χ2v) is 9.18. The second-order valence-electron chi connectivity index (χ2n) is 9.18. The van der Waals surface area contributed by atoms with E-state index in [4.69, 9.17) is 5.73 Å². The van der Waals surface area contributed by atoms with Gasteiger partial charge in [0.15, 0.2) is 0 Å². The largest absolute Gasteiger partial charge is 0.397 e. The number of unbranched alkanes of at least 4 members (excludes halogenated alkanes) is 3. The van der Waals surface area contributed by atoms with Crippen LogP contribution in [0.3, 0.4) is 0 Å². The Bertz CT molecular complexity index is 1400. The monoisotopic (exact) mass is 537 g/mol. The fourth-order valence-corrected chi connectivity index (χ4v) is 4.28. The van der Waals surface area contributed by atoms with Crippen LogP contribution in [0.15, 0.2) is 36.4 Å². The van der Waals surface area contributed by atoms with E-state index in [2.05, 4.69) is 27.9 Å². The van der Waals surface area contributed by atoms with Gasteiger partial charge in [0.05, 0.1) is 22.5 Å². The molecule has 39 heavy (non-hydrogen) atoms. The molecule has 0 spiro atoms. The van der Waals surface area contributed by atoms with Crippen molar-refractivity contribution >= 4 is 46.9 Å². The quantitative estimate of drug-likeness (QED) is 0.106. The third-order valence-electron chi connectivity index (χ3n) is 6.30. The maximum Gasteiger partial charge on any atom is 0.256 e. The van der Waals surface area contributed by atoms with Crippen LogP contribution in [0.2, 0.25) is 0 Å². The Morgan fingerprint density at radius 1 is 1.05 bits per heavy atom. The highest BCUT2D eigenvalue weighted by molar-refractivity contribution is 6.34. The van der Waals surface area contributed by atoms with Crippen molar-refractivity contribution in [3.8, 4) is 0 Å². The molecule has 0 fully saturated rings. The van der Waals surface area contributed by atoms with E-state index < -0.39 is 11.6 Å². The minimum Gasteiger partial charge on any atom is -0.397 e. The van der Waals surface area contributed by atoms with Crippen LogP contribution in [0.1, 0.15) is 65.5 Å². The van der Waals surface area contributed by atoms with Gasteiger partial charge in [0, 0.05) is 29.2 Å². The van der Waals surface area contributed by atoms with Gasteiger partial charge in [0.25, 0.3) is 11.8 Å². The van der Waals surface area contributed by atoms with Gasteiger partial charge in [-0.15, -0.1) is 0 Å². The molecule has 10 heteroatoms.